The molecule has 0 bridgehead atoms. The molecule has 0 spiro atoms. The van der Waals surface area contributed by atoms with Crippen LogP contribution in [0.2, 0.25) is 0 Å². The summed E-state index contributed by atoms with van der Waals surface area (Å²) in [5.41, 5.74) is 0.757. The van der Waals surface area contributed by atoms with Gasteiger partial charge < -0.3 is 15.4 Å². The molecule has 2 N–H and O–H groups in total. The number of rotatable bonds is 5. The lowest BCUT2D eigenvalue weighted by atomic mass is 9.92. The first kappa shape index (κ1) is 20.0. The van der Waals surface area contributed by atoms with E-state index < -0.39 is 35.9 Å². The number of urea groups is 1. The van der Waals surface area contributed by atoms with Gasteiger partial charge in [0.1, 0.15) is 23.4 Å². The Kier molecular flexibility index (Phi) is 5.03. The number of hydrogen-bond acceptors (Lipinski definition) is 5. The van der Waals surface area contributed by atoms with E-state index in [0.717, 1.165) is 12.1 Å². The van der Waals surface area contributed by atoms with Gasteiger partial charge in [-0.15, -0.1) is 0 Å². The van der Waals surface area contributed by atoms with Crippen molar-refractivity contribution in [2.45, 2.75) is 18.2 Å². The second-order valence-electron chi connectivity index (χ2n) is 7.01. The minimum atomic E-state index is -0.770. The fourth-order valence-corrected chi connectivity index (χ4v) is 3.84. The highest BCUT2D eigenvalue weighted by Gasteiger charge is 2.75. The number of amides is 2. The number of carbonyl (C=O) groups excluding carboxylic acids is 1. The summed E-state index contributed by atoms with van der Waals surface area (Å²) in [6.45, 7) is 0.128. The van der Waals surface area contributed by atoms with Crippen LogP contribution >= 0.6 is 0 Å². The molecule has 10 heteroatoms. The maximum absolute atomic E-state index is 14.7. The van der Waals surface area contributed by atoms with Crippen LogP contribution in [0, 0.1) is 23.0 Å². The third-order valence-corrected chi connectivity index (χ3v) is 5.36. The Labute approximate surface area is 171 Å². The molecule has 2 aliphatic heterocycles. The van der Waals surface area contributed by atoms with Crippen LogP contribution in [0.3, 0.4) is 0 Å². The van der Waals surface area contributed by atoms with E-state index >= 15 is 0 Å². The van der Waals surface area contributed by atoms with Gasteiger partial charge in [-0.05, 0) is 29.1 Å². The van der Waals surface area contributed by atoms with E-state index in [1.807, 2.05) is 6.07 Å². The van der Waals surface area contributed by atoms with Gasteiger partial charge >= 0.3 is 12.3 Å². The van der Waals surface area contributed by atoms with E-state index in [1.54, 1.807) is 24.3 Å². The summed E-state index contributed by atoms with van der Waals surface area (Å²) in [7, 11) is 2.75. The summed E-state index contributed by atoms with van der Waals surface area (Å²) < 4.78 is 34.3. The number of halogens is 2. The first-order valence-corrected chi connectivity index (χ1v) is 9.13. The number of anilines is 1. The second kappa shape index (κ2) is 7.53. The largest absolute Gasteiger partial charge is 0.497 e. The molecule has 8 nitrogen and oxygen atoms in total. The normalized spacial score (nSPS) is 26.4. The average Bonchev–Trinajstić information content (AvgIpc) is 3.38. The van der Waals surface area contributed by atoms with Crippen molar-refractivity contribution in [1.82, 2.24) is 5.32 Å². The number of quaternary nitrogens is 1. The second-order valence-corrected chi connectivity index (χ2v) is 7.01. The first-order valence-electron chi connectivity index (χ1n) is 9.13. The van der Waals surface area contributed by atoms with Gasteiger partial charge in [0, 0.05) is 23.4 Å². The zero-order valence-corrected chi connectivity index (χ0v) is 16.2. The van der Waals surface area contributed by atoms with Crippen molar-refractivity contribution >= 4 is 11.7 Å². The zero-order chi connectivity index (χ0) is 21.5. The van der Waals surface area contributed by atoms with Crippen LogP contribution in [0.15, 0.2) is 36.4 Å². The van der Waals surface area contributed by atoms with Crippen molar-refractivity contribution in [1.29, 1.82) is 5.26 Å². The lowest BCUT2D eigenvalue weighted by Gasteiger charge is -2.20. The minimum absolute atomic E-state index is 0.0622. The molecule has 2 unspecified atom stereocenters. The number of hydroxylamine groups is 4. The molecule has 2 fully saturated rings. The fourth-order valence-electron chi connectivity index (χ4n) is 3.84. The third-order valence-electron chi connectivity index (χ3n) is 5.36. The summed E-state index contributed by atoms with van der Waals surface area (Å²) >= 11 is 0. The highest BCUT2D eigenvalue weighted by Crippen LogP contribution is 2.50. The number of methoxy groups -OCH3 is 1. The van der Waals surface area contributed by atoms with Gasteiger partial charge in [0.15, 0.2) is 6.54 Å². The SMILES string of the molecule is COc1cc(F)c([C@@H]2C[N+]3(OC)OC3[C@H]2NC(=O)Nc2ccc(C#N)cc2)c(F)c1. The van der Waals surface area contributed by atoms with Crippen molar-refractivity contribution in [2.75, 3.05) is 26.1 Å². The molecule has 4 atom stereocenters. The molecule has 0 aliphatic carbocycles. The molecule has 30 heavy (non-hydrogen) atoms. The van der Waals surface area contributed by atoms with Crippen LogP contribution in [-0.2, 0) is 9.68 Å². The first-order chi connectivity index (χ1) is 14.4. The molecule has 2 aliphatic rings. The summed E-state index contributed by atoms with van der Waals surface area (Å²) in [5.74, 6) is -2.20. The molecule has 0 aromatic heterocycles. The van der Waals surface area contributed by atoms with Gasteiger partial charge in [0.05, 0.1) is 31.8 Å². The van der Waals surface area contributed by atoms with E-state index in [9.17, 15) is 13.6 Å². The van der Waals surface area contributed by atoms with Gasteiger partial charge in [-0.3, -0.25) is 0 Å². The Balaban J connectivity index is 1.56. The number of benzene rings is 2. The highest BCUT2D eigenvalue weighted by atomic mass is 19.1. The monoisotopic (exact) mass is 417 g/mol. The molecule has 156 valence electrons. The van der Waals surface area contributed by atoms with Crippen LogP contribution in [-0.4, -0.2) is 43.9 Å². The standard InChI is InChI=1S/C20H18F2N4O4/c1-28-13-7-15(21)17(16(22)8-13)14-10-26(29-2)19(30-26)18(14)25-20(27)24-12-5-3-11(9-23)4-6-12/h3-8,14,18-19H,10H2,1-2H3,(H-,24,25,27)/p+1/t14-,18-,19?,26?/m0/s1. The van der Waals surface area contributed by atoms with E-state index in [4.69, 9.17) is 19.7 Å². The topological polar surface area (TPSA) is 95.9 Å². The van der Waals surface area contributed by atoms with Crippen molar-refractivity contribution in [3.63, 3.8) is 0 Å². The smallest absolute Gasteiger partial charge is 0.329 e. The Morgan fingerprint density at radius 1 is 1.23 bits per heavy atom. The molecule has 2 amide bonds. The number of nitrogens with one attached hydrogen (secondary N) is 2. The maximum atomic E-state index is 14.7. The lowest BCUT2D eigenvalue weighted by molar-refractivity contribution is -1.09. The predicted octanol–water partition coefficient (Wildman–Crippen LogP) is 2.78. The maximum Gasteiger partial charge on any atom is 0.329 e. The van der Waals surface area contributed by atoms with E-state index in [0.29, 0.717) is 11.3 Å². The molecule has 0 radical (unpaired) electrons. The summed E-state index contributed by atoms with van der Waals surface area (Å²) in [4.78, 5) is 23.2. The number of ether oxygens (including phenoxy) is 1. The molecule has 2 heterocycles. The Bertz CT molecular complexity index is 1000. The summed E-state index contributed by atoms with van der Waals surface area (Å²) in [5, 5.41) is 14.2. The summed E-state index contributed by atoms with van der Waals surface area (Å²) in [6, 6.07) is 9.17. The Morgan fingerprint density at radius 2 is 1.90 bits per heavy atom. The zero-order valence-electron chi connectivity index (χ0n) is 16.2. The molecular weight excluding hydrogens is 398 g/mol. The number of fused-ring (bicyclic) bond motifs is 1. The van der Waals surface area contributed by atoms with Crippen LogP contribution < -0.4 is 15.4 Å². The van der Waals surface area contributed by atoms with Crippen LogP contribution in [0.25, 0.3) is 0 Å². The van der Waals surface area contributed by atoms with Gasteiger partial charge in [0.2, 0.25) is 0 Å². The van der Waals surface area contributed by atoms with Crippen LogP contribution in [0.4, 0.5) is 19.3 Å². The lowest BCUT2D eigenvalue weighted by Crippen LogP contribution is -2.44. The number of hydrogen-bond donors (Lipinski definition) is 2. The quantitative estimate of drug-likeness (QED) is 0.576. The van der Waals surface area contributed by atoms with Crippen molar-refractivity contribution in [3.05, 3.63) is 59.2 Å². The number of nitriles is 1. The highest BCUT2D eigenvalue weighted by molar-refractivity contribution is 5.89. The molecule has 2 aromatic rings. The molecular formula is C20H19F2N4O4+. The van der Waals surface area contributed by atoms with Crippen LogP contribution in [0.1, 0.15) is 17.0 Å². The van der Waals surface area contributed by atoms with Crippen molar-refractivity contribution in [2.24, 2.45) is 0 Å². The van der Waals surface area contributed by atoms with Gasteiger partial charge in [-0.2, -0.15) is 10.1 Å². The summed E-state index contributed by atoms with van der Waals surface area (Å²) in [6.07, 6.45) is -0.590. The average molecular weight is 417 g/mol. The van der Waals surface area contributed by atoms with Gasteiger partial charge in [0.25, 0.3) is 0 Å². The minimum Gasteiger partial charge on any atom is -0.497 e. The Morgan fingerprint density at radius 3 is 2.47 bits per heavy atom. The fraction of sp³-hybridized carbons (Fsp3) is 0.300. The molecule has 0 saturated carbocycles. The van der Waals surface area contributed by atoms with E-state index in [-0.39, 0.29) is 22.7 Å². The molecule has 2 aromatic carbocycles. The number of nitrogens with zero attached hydrogens (tertiary/aromatic N) is 2. The van der Waals surface area contributed by atoms with Crippen molar-refractivity contribution < 1.29 is 32.8 Å². The van der Waals surface area contributed by atoms with Crippen LogP contribution in [0.5, 0.6) is 5.75 Å². The van der Waals surface area contributed by atoms with E-state index in [1.165, 1.54) is 14.2 Å². The molecule has 4 rings (SSSR count). The van der Waals surface area contributed by atoms with Crippen molar-refractivity contribution in [3.8, 4) is 11.8 Å². The number of carbonyl (C=O) groups is 1. The Hall–Kier alpha value is -3.26. The third kappa shape index (κ3) is 3.43. The van der Waals surface area contributed by atoms with E-state index in [2.05, 4.69) is 10.6 Å². The van der Waals surface area contributed by atoms with Gasteiger partial charge in [-0.1, -0.05) is 4.84 Å². The van der Waals surface area contributed by atoms with Gasteiger partial charge in [-0.25, -0.2) is 13.6 Å². The predicted molar refractivity (Wildman–Crippen MR) is 99.8 cm³/mol. The molecule has 2 saturated heterocycles.